The highest BCUT2D eigenvalue weighted by molar-refractivity contribution is 5.71. The lowest BCUT2D eigenvalue weighted by Gasteiger charge is -2.23. The monoisotopic (exact) mass is 373 g/mol. The van der Waals surface area contributed by atoms with Gasteiger partial charge in [0.25, 0.3) is 0 Å². The number of carboxylic acid groups (broad SMARTS) is 1. The summed E-state index contributed by atoms with van der Waals surface area (Å²) in [5.74, 6) is -1.83. The number of aromatic amines is 1. The number of carboxylic acids is 1. The van der Waals surface area contributed by atoms with E-state index in [-0.39, 0.29) is 11.7 Å². The molecule has 0 spiro atoms. The molecule has 2 aromatic rings. The van der Waals surface area contributed by atoms with Crippen LogP contribution in [0, 0.1) is 17.7 Å². The first-order valence-electron chi connectivity index (χ1n) is 9.10. The van der Waals surface area contributed by atoms with Crippen molar-refractivity contribution in [3.05, 3.63) is 47.0 Å². The van der Waals surface area contributed by atoms with Crippen LogP contribution in [-0.4, -0.2) is 44.8 Å². The lowest BCUT2D eigenvalue weighted by atomic mass is 9.81. The molecular weight excluding hydrogens is 349 g/mol. The number of benzene rings is 1. The summed E-state index contributed by atoms with van der Waals surface area (Å²) in [7, 11) is 0. The highest BCUT2D eigenvalue weighted by atomic mass is 19.1. The van der Waals surface area contributed by atoms with Crippen LogP contribution in [0.3, 0.4) is 0 Å². The Kier molecular flexibility index (Phi) is 5.95. The van der Waals surface area contributed by atoms with Crippen LogP contribution >= 0.6 is 0 Å². The van der Waals surface area contributed by atoms with Crippen LogP contribution in [0.2, 0.25) is 0 Å². The Balaban J connectivity index is 1.88. The summed E-state index contributed by atoms with van der Waals surface area (Å²) in [4.78, 5) is 11.9. The second kappa shape index (κ2) is 8.39. The van der Waals surface area contributed by atoms with Gasteiger partial charge in [0.05, 0.1) is 5.92 Å². The first-order chi connectivity index (χ1) is 13.0. The molecule has 2 atom stereocenters. The van der Waals surface area contributed by atoms with E-state index in [1.165, 1.54) is 6.07 Å². The molecule has 0 unspecified atom stereocenters. The summed E-state index contributed by atoms with van der Waals surface area (Å²) in [6.45, 7) is 5.34. The highest BCUT2D eigenvalue weighted by Crippen LogP contribution is 2.32. The summed E-state index contributed by atoms with van der Waals surface area (Å²) in [6.07, 6.45) is 2.79. The van der Waals surface area contributed by atoms with Gasteiger partial charge in [-0.05, 0) is 36.0 Å². The number of hydrogen-bond acceptors (Lipinski definition) is 5. The van der Waals surface area contributed by atoms with Crippen molar-refractivity contribution in [3.63, 3.8) is 0 Å². The fourth-order valence-corrected chi connectivity index (χ4v) is 3.56. The van der Waals surface area contributed by atoms with Crippen LogP contribution in [0.15, 0.2) is 24.3 Å². The fourth-order valence-electron chi connectivity index (χ4n) is 3.56. The number of carbonyl (C=O) groups is 1. The quantitative estimate of drug-likeness (QED) is 0.656. The average Bonchev–Trinajstić information content (AvgIpc) is 3.31. The number of rotatable bonds is 8. The molecule has 1 aliphatic heterocycles. The van der Waals surface area contributed by atoms with E-state index in [0.29, 0.717) is 36.3 Å². The fraction of sp³-hybridized carbons (Fsp3) is 0.474. The molecular formula is C19H24FN5O2. The van der Waals surface area contributed by atoms with Gasteiger partial charge in [0.2, 0.25) is 0 Å². The zero-order valence-corrected chi connectivity index (χ0v) is 15.4. The molecule has 0 saturated heterocycles. The average molecular weight is 373 g/mol. The maximum Gasteiger partial charge on any atom is 0.307 e. The zero-order chi connectivity index (χ0) is 19.4. The number of halogens is 1. The summed E-state index contributed by atoms with van der Waals surface area (Å²) in [6, 6.07) is 5.09. The van der Waals surface area contributed by atoms with E-state index in [1.54, 1.807) is 6.07 Å². The molecule has 0 radical (unpaired) electrons. The van der Waals surface area contributed by atoms with Gasteiger partial charge in [-0.1, -0.05) is 37.3 Å². The zero-order valence-electron chi connectivity index (χ0n) is 15.4. The van der Waals surface area contributed by atoms with Gasteiger partial charge in [0, 0.05) is 24.6 Å². The molecule has 3 N–H and O–H groups in total. The predicted molar refractivity (Wildman–Crippen MR) is 98.5 cm³/mol. The van der Waals surface area contributed by atoms with Gasteiger partial charge in [-0.25, -0.2) is 4.39 Å². The van der Waals surface area contributed by atoms with E-state index in [9.17, 15) is 14.3 Å². The second-order valence-corrected chi connectivity index (χ2v) is 7.33. The maximum atomic E-state index is 14.6. The number of nitrogens with zero attached hydrogens (tertiary/aromatic N) is 3. The van der Waals surface area contributed by atoms with Crippen LogP contribution < -0.4 is 5.32 Å². The predicted octanol–water partition coefficient (Wildman–Crippen LogP) is 2.40. The standard InChI is InChI=1S/C19H24FN5O2/c1-11(2)7-16(19(26)27)15(18-22-24-25-23-18)8-12-3-4-14(17(20)9-12)13-5-6-21-10-13/h3-5,9,11,15-16,21H,6-8,10H2,1-2H3,(H,26,27)(H,22,23,24,25)/t15-,16-/m0/s1. The van der Waals surface area contributed by atoms with Gasteiger partial charge in [-0.2, -0.15) is 5.21 Å². The van der Waals surface area contributed by atoms with Crippen molar-refractivity contribution >= 4 is 11.5 Å². The van der Waals surface area contributed by atoms with Gasteiger partial charge in [-0.15, -0.1) is 10.2 Å². The lowest BCUT2D eigenvalue weighted by Crippen LogP contribution is -2.26. The minimum atomic E-state index is -0.905. The molecule has 0 aliphatic carbocycles. The molecule has 27 heavy (non-hydrogen) atoms. The molecule has 8 heteroatoms. The van der Waals surface area contributed by atoms with Gasteiger partial charge in [0.1, 0.15) is 5.82 Å². The molecule has 0 fully saturated rings. The number of nitrogens with one attached hydrogen (secondary N) is 2. The Labute approximate surface area is 157 Å². The molecule has 3 rings (SSSR count). The first kappa shape index (κ1) is 19.2. The van der Waals surface area contributed by atoms with Crippen LogP contribution in [0.5, 0.6) is 0 Å². The highest BCUT2D eigenvalue weighted by Gasteiger charge is 2.33. The molecule has 1 aromatic carbocycles. The number of aromatic nitrogens is 4. The summed E-state index contributed by atoms with van der Waals surface area (Å²) in [5, 5.41) is 26.9. The van der Waals surface area contributed by atoms with Crippen molar-refractivity contribution in [2.45, 2.75) is 32.6 Å². The molecule has 2 heterocycles. The molecule has 1 aliphatic rings. The normalized spacial score (nSPS) is 16.4. The van der Waals surface area contributed by atoms with Crippen LogP contribution in [0.4, 0.5) is 4.39 Å². The van der Waals surface area contributed by atoms with Crippen LogP contribution in [0.1, 0.15) is 43.1 Å². The molecule has 0 bridgehead atoms. The van der Waals surface area contributed by atoms with Crippen molar-refractivity contribution in [1.82, 2.24) is 25.9 Å². The summed E-state index contributed by atoms with van der Waals surface area (Å²) < 4.78 is 14.6. The maximum absolute atomic E-state index is 14.6. The van der Waals surface area contributed by atoms with Gasteiger partial charge in [0.15, 0.2) is 5.82 Å². The Hall–Kier alpha value is -2.61. The van der Waals surface area contributed by atoms with E-state index >= 15 is 0 Å². The number of tetrazole rings is 1. The van der Waals surface area contributed by atoms with Crippen molar-refractivity contribution in [1.29, 1.82) is 0 Å². The summed E-state index contributed by atoms with van der Waals surface area (Å²) in [5.41, 5.74) is 2.24. The van der Waals surface area contributed by atoms with Gasteiger partial charge < -0.3 is 10.4 Å². The second-order valence-electron chi connectivity index (χ2n) is 7.33. The Morgan fingerprint density at radius 2 is 2.19 bits per heavy atom. The van der Waals surface area contributed by atoms with E-state index in [1.807, 2.05) is 26.0 Å². The minimum absolute atomic E-state index is 0.196. The summed E-state index contributed by atoms with van der Waals surface area (Å²) >= 11 is 0. The topological polar surface area (TPSA) is 104 Å². The molecule has 144 valence electrons. The Bertz CT molecular complexity index is 820. The van der Waals surface area contributed by atoms with Crippen LogP contribution in [0.25, 0.3) is 5.57 Å². The van der Waals surface area contributed by atoms with E-state index in [2.05, 4.69) is 25.9 Å². The third kappa shape index (κ3) is 4.57. The minimum Gasteiger partial charge on any atom is -0.481 e. The van der Waals surface area contributed by atoms with Gasteiger partial charge >= 0.3 is 5.97 Å². The van der Waals surface area contributed by atoms with E-state index in [4.69, 9.17) is 0 Å². The lowest BCUT2D eigenvalue weighted by molar-refractivity contribution is -0.143. The van der Waals surface area contributed by atoms with Crippen molar-refractivity contribution in [2.75, 3.05) is 13.1 Å². The third-order valence-electron chi connectivity index (χ3n) is 4.86. The van der Waals surface area contributed by atoms with Crippen molar-refractivity contribution in [2.24, 2.45) is 11.8 Å². The van der Waals surface area contributed by atoms with Crippen molar-refractivity contribution < 1.29 is 14.3 Å². The smallest absolute Gasteiger partial charge is 0.307 e. The largest absolute Gasteiger partial charge is 0.481 e. The number of aliphatic carboxylic acids is 1. The molecule has 0 saturated carbocycles. The number of H-pyrrole nitrogens is 1. The molecule has 1 aromatic heterocycles. The number of hydrogen-bond donors (Lipinski definition) is 3. The first-order valence-corrected chi connectivity index (χ1v) is 9.10. The third-order valence-corrected chi connectivity index (χ3v) is 4.86. The SMILES string of the molecule is CC(C)C[C@H](C(=O)O)[C@H](Cc1ccc(C2=CCNC2)c(F)c1)c1nn[nH]n1. The van der Waals surface area contributed by atoms with Crippen LogP contribution in [-0.2, 0) is 11.2 Å². The Morgan fingerprint density at radius 3 is 2.74 bits per heavy atom. The Morgan fingerprint density at radius 1 is 1.37 bits per heavy atom. The van der Waals surface area contributed by atoms with E-state index in [0.717, 1.165) is 12.1 Å². The molecule has 0 amide bonds. The van der Waals surface area contributed by atoms with E-state index < -0.39 is 17.8 Å². The van der Waals surface area contributed by atoms with Crippen molar-refractivity contribution in [3.8, 4) is 0 Å². The van der Waals surface area contributed by atoms with Gasteiger partial charge in [-0.3, -0.25) is 4.79 Å². The molecule has 7 nitrogen and oxygen atoms in total.